The molecule has 0 radical (unpaired) electrons. The van der Waals surface area contributed by atoms with Crippen molar-refractivity contribution >= 4 is 29.0 Å². The molecule has 1 atom stereocenters. The fourth-order valence-electron chi connectivity index (χ4n) is 1.80. The number of piperazine rings is 1. The molecule has 0 aliphatic carbocycles. The maximum absolute atomic E-state index is 11.5. The van der Waals surface area contributed by atoms with Crippen LogP contribution in [0.2, 0.25) is 5.02 Å². The van der Waals surface area contributed by atoms with E-state index in [-0.39, 0.29) is 16.6 Å². The molecule has 0 unspecified atom stereocenters. The highest BCUT2D eigenvalue weighted by Gasteiger charge is 2.28. The Kier molecular flexibility index (Phi) is 3.33. The smallest absolute Gasteiger partial charge is 0.289 e. The van der Waals surface area contributed by atoms with Gasteiger partial charge in [0.2, 0.25) is 5.91 Å². The number of amides is 1. The fourth-order valence-corrected chi connectivity index (χ4v) is 2.07. The summed E-state index contributed by atoms with van der Waals surface area (Å²) in [7, 11) is 0. The highest BCUT2D eigenvalue weighted by atomic mass is 35.5. The van der Waals surface area contributed by atoms with Crippen molar-refractivity contribution in [1.82, 2.24) is 10.3 Å². The highest BCUT2D eigenvalue weighted by Crippen LogP contribution is 2.28. The van der Waals surface area contributed by atoms with E-state index in [2.05, 4.69) is 10.3 Å². The van der Waals surface area contributed by atoms with Crippen LogP contribution in [0.15, 0.2) is 12.3 Å². The lowest BCUT2D eigenvalue weighted by Crippen LogP contribution is -2.54. The molecule has 0 aromatic carbocycles. The summed E-state index contributed by atoms with van der Waals surface area (Å²) < 4.78 is 0. The van der Waals surface area contributed by atoms with Gasteiger partial charge in [-0.3, -0.25) is 14.9 Å². The number of halogens is 1. The van der Waals surface area contributed by atoms with Gasteiger partial charge in [-0.15, -0.1) is 0 Å². The van der Waals surface area contributed by atoms with Crippen LogP contribution in [-0.2, 0) is 4.79 Å². The largest absolute Gasteiger partial charge is 0.353 e. The third-order valence-electron chi connectivity index (χ3n) is 2.79. The summed E-state index contributed by atoms with van der Waals surface area (Å²) in [6.07, 6.45) is 1.14. The summed E-state index contributed by atoms with van der Waals surface area (Å²) in [5, 5.41) is 13.5. The number of rotatable bonds is 2. The minimum Gasteiger partial charge on any atom is -0.353 e. The second-order valence-electron chi connectivity index (χ2n) is 3.92. The molecule has 8 heteroatoms. The molecule has 18 heavy (non-hydrogen) atoms. The van der Waals surface area contributed by atoms with E-state index in [1.165, 1.54) is 6.07 Å². The first-order valence-electron chi connectivity index (χ1n) is 5.35. The molecule has 1 aromatic heterocycles. The second kappa shape index (κ2) is 4.77. The van der Waals surface area contributed by atoms with Gasteiger partial charge in [-0.1, -0.05) is 11.6 Å². The Morgan fingerprint density at radius 3 is 3.00 bits per heavy atom. The van der Waals surface area contributed by atoms with Gasteiger partial charge in [-0.05, 0) is 6.92 Å². The van der Waals surface area contributed by atoms with Crippen molar-refractivity contribution < 1.29 is 9.72 Å². The first kappa shape index (κ1) is 12.6. The van der Waals surface area contributed by atoms with E-state index in [4.69, 9.17) is 11.6 Å². The van der Waals surface area contributed by atoms with Gasteiger partial charge in [-0.25, -0.2) is 4.98 Å². The van der Waals surface area contributed by atoms with E-state index >= 15 is 0 Å². The molecule has 1 saturated heterocycles. The van der Waals surface area contributed by atoms with E-state index in [1.807, 2.05) is 0 Å². The van der Waals surface area contributed by atoms with Crippen LogP contribution < -0.4 is 10.2 Å². The van der Waals surface area contributed by atoms with Crippen molar-refractivity contribution in [2.45, 2.75) is 13.0 Å². The predicted molar refractivity (Wildman–Crippen MR) is 65.7 cm³/mol. The van der Waals surface area contributed by atoms with Gasteiger partial charge in [0, 0.05) is 19.2 Å². The summed E-state index contributed by atoms with van der Waals surface area (Å²) in [6.45, 7) is 2.80. The molecule has 0 bridgehead atoms. The van der Waals surface area contributed by atoms with Crippen LogP contribution in [0.3, 0.4) is 0 Å². The molecule has 1 aliphatic rings. The van der Waals surface area contributed by atoms with Crippen molar-refractivity contribution in [2.75, 3.05) is 18.0 Å². The van der Waals surface area contributed by atoms with Crippen molar-refractivity contribution in [3.05, 3.63) is 27.4 Å². The molecule has 1 aliphatic heterocycles. The van der Waals surface area contributed by atoms with Gasteiger partial charge in [0.25, 0.3) is 5.69 Å². The lowest BCUT2D eigenvalue weighted by atomic mass is 10.2. The molecular formula is C10H11ClN4O3. The van der Waals surface area contributed by atoms with Crippen molar-refractivity contribution in [1.29, 1.82) is 0 Å². The number of pyridine rings is 1. The van der Waals surface area contributed by atoms with Crippen molar-refractivity contribution in [2.24, 2.45) is 0 Å². The Bertz CT molecular complexity index is 508. The van der Waals surface area contributed by atoms with Gasteiger partial charge >= 0.3 is 0 Å². The average Bonchev–Trinajstić information content (AvgIpc) is 2.33. The Hall–Kier alpha value is -1.89. The quantitative estimate of drug-likeness (QED) is 0.639. The summed E-state index contributed by atoms with van der Waals surface area (Å²) in [4.78, 5) is 27.3. The standard InChI is InChI=1S/C10H11ClN4O3/c1-6-10(16)12-2-3-14(6)9-8(11)4-7(5-13-9)15(17)18/h4-6H,2-3H2,1H3,(H,12,16)/t6-/m0/s1. The first-order chi connectivity index (χ1) is 8.50. The molecule has 1 amide bonds. The SMILES string of the molecule is C[C@H]1C(=O)NCCN1c1ncc([N+](=O)[O-])cc1Cl. The van der Waals surface area contributed by atoms with Gasteiger partial charge in [0.05, 0.1) is 9.95 Å². The zero-order chi connectivity index (χ0) is 13.3. The van der Waals surface area contributed by atoms with E-state index in [1.54, 1.807) is 11.8 Å². The third kappa shape index (κ3) is 2.21. The Morgan fingerprint density at radius 1 is 1.67 bits per heavy atom. The molecule has 1 aromatic rings. The number of nitrogens with one attached hydrogen (secondary N) is 1. The van der Waals surface area contributed by atoms with Crippen molar-refractivity contribution in [3.63, 3.8) is 0 Å². The lowest BCUT2D eigenvalue weighted by Gasteiger charge is -2.34. The molecule has 96 valence electrons. The van der Waals surface area contributed by atoms with E-state index in [0.29, 0.717) is 18.9 Å². The van der Waals surface area contributed by atoms with Gasteiger partial charge in [0.1, 0.15) is 18.1 Å². The number of aromatic nitrogens is 1. The van der Waals surface area contributed by atoms with E-state index in [0.717, 1.165) is 6.20 Å². The minimum atomic E-state index is -0.561. The molecular weight excluding hydrogens is 260 g/mol. The normalized spacial score (nSPS) is 19.6. The van der Waals surface area contributed by atoms with Crippen molar-refractivity contribution in [3.8, 4) is 0 Å². The Morgan fingerprint density at radius 2 is 2.39 bits per heavy atom. The highest BCUT2D eigenvalue weighted by molar-refractivity contribution is 6.33. The van der Waals surface area contributed by atoms with Crippen LogP contribution in [0.4, 0.5) is 11.5 Å². The molecule has 1 N–H and O–H groups in total. The number of carbonyl (C=O) groups is 1. The third-order valence-corrected chi connectivity index (χ3v) is 3.07. The summed E-state index contributed by atoms with van der Waals surface area (Å²) in [5.41, 5.74) is -0.169. The first-order valence-corrected chi connectivity index (χ1v) is 5.73. The van der Waals surface area contributed by atoms with Crippen LogP contribution in [-0.4, -0.2) is 34.9 Å². The van der Waals surface area contributed by atoms with Crippen LogP contribution in [0.5, 0.6) is 0 Å². The molecule has 2 rings (SSSR count). The van der Waals surface area contributed by atoms with Crippen LogP contribution >= 0.6 is 11.6 Å². The molecule has 7 nitrogen and oxygen atoms in total. The summed E-state index contributed by atoms with van der Waals surface area (Å²) in [6, 6.07) is 0.841. The minimum absolute atomic E-state index is 0.113. The number of nitro groups is 1. The van der Waals surface area contributed by atoms with Crippen LogP contribution in [0, 0.1) is 10.1 Å². The maximum Gasteiger partial charge on any atom is 0.289 e. The van der Waals surface area contributed by atoms with E-state index < -0.39 is 11.0 Å². The zero-order valence-corrected chi connectivity index (χ0v) is 10.3. The Balaban J connectivity index is 2.33. The Labute approximate surface area is 108 Å². The van der Waals surface area contributed by atoms with Gasteiger partial charge < -0.3 is 10.2 Å². The van der Waals surface area contributed by atoms with Gasteiger partial charge in [-0.2, -0.15) is 0 Å². The zero-order valence-electron chi connectivity index (χ0n) is 9.59. The molecule has 2 heterocycles. The van der Waals surface area contributed by atoms with E-state index in [9.17, 15) is 14.9 Å². The molecule has 0 saturated carbocycles. The molecule has 1 fully saturated rings. The fraction of sp³-hybridized carbons (Fsp3) is 0.400. The number of hydrogen-bond donors (Lipinski definition) is 1. The average molecular weight is 271 g/mol. The van der Waals surface area contributed by atoms with Crippen LogP contribution in [0.1, 0.15) is 6.92 Å². The molecule has 0 spiro atoms. The number of hydrogen-bond acceptors (Lipinski definition) is 5. The topological polar surface area (TPSA) is 88.4 Å². The summed E-state index contributed by atoms with van der Waals surface area (Å²) >= 11 is 5.98. The number of nitrogens with zero attached hydrogens (tertiary/aromatic N) is 3. The summed E-state index contributed by atoms with van der Waals surface area (Å²) in [5.74, 6) is 0.280. The van der Waals surface area contributed by atoms with Crippen LogP contribution in [0.25, 0.3) is 0 Å². The second-order valence-corrected chi connectivity index (χ2v) is 4.32. The monoisotopic (exact) mass is 270 g/mol. The maximum atomic E-state index is 11.5. The lowest BCUT2D eigenvalue weighted by molar-refractivity contribution is -0.385. The number of carbonyl (C=O) groups excluding carboxylic acids is 1. The van der Waals surface area contributed by atoms with Gasteiger partial charge in [0.15, 0.2) is 0 Å². The number of anilines is 1. The predicted octanol–water partition coefficient (Wildman–Crippen LogP) is 0.968.